The van der Waals surface area contributed by atoms with Crippen molar-refractivity contribution >= 4 is 23.1 Å². The zero-order valence-electron chi connectivity index (χ0n) is 12.3. The number of hydrogen-bond donors (Lipinski definition) is 1. The number of likely N-dealkylation sites (tertiary alicyclic amines) is 1. The Balaban J connectivity index is 2.12. The Morgan fingerprint density at radius 3 is 2.14 bits per heavy atom. The SMILES string of the molecule is COc1cc(OC)cc(C(=O)N2CCC(C(N)=S)CC2)c1. The molecule has 1 aliphatic heterocycles. The van der Waals surface area contributed by atoms with Crippen molar-refractivity contribution in [2.45, 2.75) is 12.8 Å². The van der Waals surface area contributed by atoms with E-state index in [0.717, 1.165) is 12.8 Å². The maximum absolute atomic E-state index is 12.6. The maximum Gasteiger partial charge on any atom is 0.254 e. The van der Waals surface area contributed by atoms with Crippen LogP contribution >= 0.6 is 12.2 Å². The summed E-state index contributed by atoms with van der Waals surface area (Å²) in [6, 6.07) is 5.20. The van der Waals surface area contributed by atoms with Gasteiger partial charge in [-0.2, -0.15) is 0 Å². The summed E-state index contributed by atoms with van der Waals surface area (Å²) < 4.78 is 10.4. The molecule has 2 N–H and O–H groups in total. The normalized spacial score (nSPS) is 15.6. The van der Waals surface area contributed by atoms with Gasteiger partial charge in [0.25, 0.3) is 5.91 Å². The summed E-state index contributed by atoms with van der Waals surface area (Å²) in [7, 11) is 3.13. The Morgan fingerprint density at radius 2 is 1.71 bits per heavy atom. The summed E-state index contributed by atoms with van der Waals surface area (Å²) in [4.78, 5) is 14.9. The van der Waals surface area contributed by atoms with Crippen LogP contribution in [0, 0.1) is 5.92 Å². The van der Waals surface area contributed by atoms with E-state index in [9.17, 15) is 4.79 Å². The zero-order chi connectivity index (χ0) is 15.4. The highest BCUT2D eigenvalue weighted by Crippen LogP contribution is 2.25. The first-order chi connectivity index (χ1) is 10.0. The molecule has 0 bridgehead atoms. The molecule has 2 rings (SSSR count). The van der Waals surface area contributed by atoms with E-state index in [0.29, 0.717) is 35.1 Å². The Bertz CT molecular complexity index is 517. The molecule has 1 fully saturated rings. The fourth-order valence-corrected chi connectivity index (χ4v) is 2.72. The van der Waals surface area contributed by atoms with Gasteiger partial charge in [0.1, 0.15) is 11.5 Å². The molecule has 0 atom stereocenters. The summed E-state index contributed by atoms with van der Waals surface area (Å²) in [5.74, 6) is 1.43. The number of benzene rings is 1. The maximum atomic E-state index is 12.6. The van der Waals surface area contributed by atoms with E-state index in [2.05, 4.69) is 0 Å². The van der Waals surface area contributed by atoms with E-state index in [1.54, 1.807) is 32.4 Å². The molecule has 1 aliphatic rings. The van der Waals surface area contributed by atoms with Gasteiger partial charge in [-0.1, -0.05) is 12.2 Å². The third-order valence-corrected chi connectivity index (χ3v) is 4.12. The summed E-state index contributed by atoms with van der Waals surface area (Å²) >= 11 is 5.02. The van der Waals surface area contributed by atoms with Crippen molar-refractivity contribution in [1.29, 1.82) is 0 Å². The van der Waals surface area contributed by atoms with Crippen molar-refractivity contribution < 1.29 is 14.3 Å². The van der Waals surface area contributed by atoms with Crippen LogP contribution in [0.1, 0.15) is 23.2 Å². The first-order valence-electron chi connectivity index (χ1n) is 6.86. The van der Waals surface area contributed by atoms with Crippen LogP contribution in [0.25, 0.3) is 0 Å². The molecule has 0 spiro atoms. The van der Waals surface area contributed by atoms with Crippen molar-refractivity contribution in [3.05, 3.63) is 23.8 Å². The van der Waals surface area contributed by atoms with Gasteiger partial charge in [0, 0.05) is 30.6 Å². The average molecular weight is 308 g/mol. The second kappa shape index (κ2) is 6.76. The Hall–Kier alpha value is -1.82. The standard InChI is InChI=1S/C15H20N2O3S/c1-19-12-7-11(8-13(9-12)20-2)15(18)17-5-3-10(4-6-17)14(16)21/h7-10H,3-6H2,1-2H3,(H2,16,21). The van der Waals surface area contributed by atoms with Gasteiger partial charge in [0.15, 0.2) is 0 Å². The molecule has 0 unspecified atom stereocenters. The van der Waals surface area contributed by atoms with Crippen molar-refractivity contribution in [2.24, 2.45) is 11.7 Å². The topological polar surface area (TPSA) is 64.8 Å². The van der Waals surface area contributed by atoms with Gasteiger partial charge in [0.2, 0.25) is 0 Å². The number of methoxy groups -OCH3 is 2. The molecule has 6 heteroatoms. The van der Waals surface area contributed by atoms with Crippen molar-refractivity contribution in [2.75, 3.05) is 27.3 Å². The molecule has 114 valence electrons. The molecule has 21 heavy (non-hydrogen) atoms. The van der Waals surface area contributed by atoms with Gasteiger partial charge < -0.3 is 20.1 Å². The first kappa shape index (κ1) is 15.6. The molecule has 1 amide bonds. The predicted molar refractivity (Wildman–Crippen MR) is 85.0 cm³/mol. The fourth-order valence-electron chi connectivity index (χ4n) is 2.48. The van der Waals surface area contributed by atoms with Crippen molar-refractivity contribution in [1.82, 2.24) is 4.90 Å². The van der Waals surface area contributed by atoms with Crippen LogP contribution in [0.4, 0.5) is 0 Å². The van der Waals surface area contributed by atoms with Gasteiger partial charge >= 0.3 is 0 Å². The van der Waals surface area contributed by atoms with Crippen LogP contribution in [0.3, 0.4) is 0 Å². The number of nitrogens with zero attached hydrogens (tertiary/aromatic N) is 1. The van der Waals surface area contributed by atoms with Gasteiger partial charge in [-0.3, -0.25) is 4.79 Å². The quantitative estimate of drug-likeness (QED) is 0.860. The van der Waals surface area contributed by atoms with Gasteiger partial charge in [-0.25, -0.2) is 0 Å². The summed E-state index contributed by atoms with van der Waals surface area (Å²) in [5.41, 5.74) is 6.24. The highest BCUT2D eigenvalue weighted by atomic mass is 32.1. The lowest BCUT2D eigenvalue weighted by Gasteiger charge is -2.31. The zero-order valence-corrected chi connectivity index (χ0v) is 13.1. The molecule has 0 radical (unpaired) electrons. The largest absolute Gasteiger partial charge is 0.497 e. The molecular weight excluding hydrogens is 288 g/mol. The van der Waals surface area contributed by atoms with E-state index in [-0.39, 0.29) is 11.8 Å². The third kappa shape index (κ3) is 3.64. The molecule has 1 saturated heterocycles. The molecular formula is C15H20N2O3S. The number of hydrogen-bond acceptors (Lipinski definition) is 4. The minimum atomic E-state index is -0.0198. The fraction of sp³-hybridized carbons (Fsp3) is 0.467. The minimum Gasteiger partial charge on any atom is -0.497 e. The lowest BCUT2D eigenvalue weighted by molar-refractivity contribution is 0.0709. The number of piperidine rings is 1. The smallest absolute Gasteiger partial charge is 0.254 e. The van der Waals surface area contributed by atoms with Crippen molar-refractivity contribution in [3.8, 4) is 11.5 Å². The molecule has 0 saturated carbocycles. The molecule has 1 aromatic carbocycles. The lowest BCUT2D eigenvalue weighted by Crippen LogP contribution is -2.41. The summed E-state index contributed by atoms with van der Waals surface area (Å²) in [6.45, 7) is 1.33. The lowest BCUT2D eigenvalue weighted by atomic mass is 9.96. The summed E-state index contributed by atoms with van der Waals surface area (Å²) in [6.07, 6.45) is 1.64. The Morgan fingerprint density at radius 1 is 1.19 bits per heavy atom. The van der Waals surface area contributed by atoms with Gasteiger partial charge in [0.05, 0.1) is 19.2 Å². The van der Waals surface area contributed by atoms with Crippen LogP contribution in [0.5, 0.6) is 11.5 Å². The first-order valence-corrected chi connectivity index (χ1v) is 7.27. The van der Waals surface area contributed by atoms with E-state index in [4.69, 9.17) is 27.4 Å². The third-order valence-electron chi connectivity index (χ3n) is 3.78. The number of nitrogens with two attached hydrogens (primary N) is 1. The number of thiocarbonyl (C=S) groups is 1. The van der Waals surface area contributed by atoms with Crippen LogP contribution < -0.4 is 15.2 Å². The highest BCUT2D eigenvalue weighted by molar-refractivity contribution is 7.80. The number of ether oxygens (including phenoxy) is 2. The van der Waals surface area contributed by atoms with Crippen LogP contribution in [-0.2, 0) is 0 Å². The van der Waals surface area contributed by atoms with E-state index in [1.807, 2.05) is 4.90 Å². The second-order valence-electron chi connectivity index (χ2n) is 5.07. The van der Waals surface area contributed by atoms with E-state index < -0.39 is 0 Å². The second-order valence-corrected chi connectivity index (χ2v) is 5.54. The predicted octanol–water partition coefficient (Wildman–Crippen LogP) is 1.84. The molecule has 0 aliphatic carbocycles. The van der Waals surface area contributed by atoms with Gasteiger partial charge in [-0.05, 0) is 25.0 Å². The van der Waals surface area contributed by atoms with Crippen LogP contribution in [0.15, 0.2) is 18.2 Å². The molecule has 1 heterocycles. The van der Waals surface area contributed by atoms with Crippen molar-refractivity contribution in [3.63, 3.8) is 0 Å². The molecule has 5 nitrogen and oxygen atoms in total. The summed E-state index contributed by atoms with van der Waals surface area (Å²) in [5, 5.41) is 0. The molecule has 1 aromatic rings. The van der Waals surface area contributed by atoms with Crippen LogP contribution in [0.2, 0.25) is 0 Å². The van der Waals surface area contributed by atoms with Crippen LogP contribution in [-0.4, -0.2) is 43.1 Å². The Kier molecular flexibility index (Phi) is 5.01. The van der Waals surface area contributed by atoms with E-state index in [1.165, 1.54) is 0 Å². The van der Waals surface area contributed by atoms with Gasteiger partial charge in [-0.15, -0.1) is 0 Å². The highest BCUT2D eigenvalue weighted by Gasteiger charge is 2.25. The molecule has 0 aromatic heterocycles. The Labute approximate surface area is 130 Å². The monoisotopic (exact) mass is 308 g/mol. The number of carbonyl (C=O) groups excluding carboxylic acids is 1. The van der Waals surface area contributed by atoms with E-state index >= 15 is 0 Å². The number of amides is 1. The number of carbonyl (C=O) groups is 1. The minimum absolute atomic E-state index is 0.0198. The average Bonchev–Trinajstić information content (AvgIpc) is 2.53. The number of rotatable bonds is 4.